The van der Waals surface area contributed by atoms with Crippen LogP contribution in [0, 0.1) is 0 Å². The van der Waals surface area contributed by atoms with Crippen LogP contribution in [-0.2, 0) is 19.1 Å². The molecule has 0 radical (unpaired) electrons. The van der Waals surface area contributed by atoms with Gasteiger partial charge in [-0.25, -0.2) is 19.2 Å². The van der Waals surface area contributed by atoms with E-state index in [9.17, 15) is 19.2 Å². The molecule has 0 fully saturated rings. The van der Waals surface area contributed by atoms with Gasteiger partial charge in [-0.3, -0.25) is 0 Å². The van der Waals surface area contributed by atoms with Gasteiger partial charge in [0.25, 0.3) is 0 Å². The average molecular weight is 262 g/mol. The topological polar surface area (TPSA) is 127 Å². The largest absolute Gasteiger partial charge is 2.00 e. The monoisotopic (exact) mass is 262 g/mol. The van der Waals surface area contributed by atoms with E-state index in [2.05, 4.69) is 9.47 Å². The van der Waals surface area contributed by atoms with E-state index in [0.717, 1.165) is 0 Å². The van der Waals surface area contributed by atoms with Crippen LogP contribution in [0.4, 0.5) is 9.59 Å². The quantitative estimate of drug-likeness (QED) is 0.249. The van der Waals surface area contributed by atoms with E-state index < -0.39 is 24.2 Å². The standard InChI is InChI=1S/C4H2O8.2Ca.4H/c5-1(11-3(7)8)2(6)12-4(9)10;;;;;;/h(H,7,8)(H,9,10);;;;;;/q;2*+2;4*-1. The Balaban J connectivity index is -0.0000000403. The summed E-state index contributed by atoms with van der Waals surface area (Å²) in [6, 6.07) is 0. The van der Waals surface area contributed by atoms with Crippen molar-refractivity contribution in [1.29, 1.82) is 0 Å². The molecule has 0 bridgehead atoms. The summed E-state index contributed by atoms with van der Waals surface area (Å²) in [5, 5.41) is 15.5. The smallest absolute Gasteiger partial charge is 1.00 e. The second kappa shape index (κ2) is 9.94. The summed E-state index contributed by atoms with van der Waals surface area (Å²) in [7, 11) is 0. The second-order valence-electron chi connectivity index (χ2n) is 1.31. The van der Waals surface area contributed by atoms with Gasteiger partial charge in [0.15, 0.2) is 0 Å². The first-order valence-corrected chi connectivity index (χ1v) is 2.33. The molecule has 0 aromatic carbocycles. The number of carboxylic acid groups (broad SMARTS) is 2. The van der Waals surface area contributed by atoms with Crippen LogP contribution in [0.5, 0.6) is 0 Å². The maximum Gasteiger partial charge on any atom is 2.00 e. The molecule has 0 aliphatic carbocycles. The van der Waals surface area contributed by atoms with Gasteiger partial charge in [0.05, 0.1) is 0 Å². The molecule has 0 aromatic heterocycles. The Morgan fingerprint density at radius 3 is 1.14 bits per heavy atom. The van der Waals surface area contributed by atoms with Gasteiger partial charge in [-0.1, -0.05) is 0 Å². The fourth-order valence-corrected chi connectivity index (χ4v) is 0.242. The van der Waals surface area contributed by atoms with Crippen molar-refractivity contribution in [2.75, 3.05) is 0 Å². The molecule has 0 atom stereocenters. The van der Waals surface area contributed by atoms with E-state index >= 15 is 0 Å². The fraction of sp³-hybridized carbons (Fsp3) is 0. The molecule has 14 heavy (non-hydrogen) atoms. The molecule has 0 saturated carbocycles. The van der Waals surface area contributed by atoms with Gasteiger partial charge >= 0.3 is 99.7 Å². The zero-order chi connectivity index (χ0) is 9.72. The van der Waals surface area contributed by atoms with E-state index in [1.807, 2.05) is 0 Å². The number of hydrogen-bond donors (Lipinski definition) is 2. The third-order valence-electron chi connectivity index (χ3n) is 0.527. The normalized spacial score (nSPS) is 7.14. The minimum absolute atomic E-state index is 0. The molecule has 0 amide bonds. The van der Waals surface area contributed by atoms with Gasteiger partial charge in [0.1, 0.15) is 0 Å². The molecule has 0 unspecified atom stereocenters. The second-order valence-corrected chi connectivity index (χ2v) is 1.31. The van der Waals surface area contributed by atoms with Crippen molar-refractivity contribution in [2.45, 2.75) is 0 Å². The summed E-state index contributed by atoms with van der Waals surface area (Å²) >= 11 is 0. The molecule has 0 rings (SSSR count). The van der Waals surface area contributed by atoms with Crippen LogP contribution in [0.3, 0.4) is 0 Å². The van der Waals surface area contributed by atoms with E-state index in [4.69, 9.17) is 10.2 Å². The average Bonchev–Trinajstić information content (AvgIpc) is 1.84. The van der Waals surface area contributed by atoms with Crippen LogP contribution in [0.2, 0.25) is 0 Å². The van der Waals surface area contributed by atoms with Gasteiger partial charge in [0, 0.05) is 0 Å². The zero-order valence-electron chi connectivity index (χ0n) is 10.8. The molecular formula is C4H6Ca2O8. The summed E-state index contributed by atoms with van der Waals surface area (Å²) in [6.07, 6.45) is -4.05. The molecule has 0 aliphatic rings. The Bertz CT molecular complexity index is 235. The van der Waals surface area contributed by atoms with E-state index in [-0.39, 0.29) is 81.2 Å². The molecule has 2 N–H and O–H groups in total. The van der Waals surface area contributed by atoms with Crippen molar-refractivity contribution in [3.05, 3.63) is 0 Å². The van der Waals surface area contributed by atoms with Gasteiger partial charge in [-0.15, -0.1) is 0 Å². The van der Waals surface area contributed by atoms with Crippen molar-refractivity contribution in [1.82, 2.24) is 0 Å². The molecule has 0 aliphatic heterocycles. The first-order chi connectivity index (χ1) is 5.43. The molecule has 0 saturated heterocycles. The Morgan fingerprint density at radius 2 is 1.00 bits per heavy atom. The van der Waals surface area contributed by atoms with Crippen molar-refractivity contribution < 1.29 is 44.6 Å². The summed E-state index contributed by atoms with van der Waals surface area (Å²) in [4.78, 5) is 39.5. The van der Waals surface area contributed by atoms with Gasteiger partial charge in [-0.2, -0.15) is 0 Å². The Morgan fingerprint density at radius 1 is 0.786 bits per heavy atom. The van der Waals surface area contributed by atoms with Crippen LogP contribution in [0.1, 0.15) is 5.71 Å². The Kier molecular flexibility index (Phi) is 14.1. The van der Waals surface area contributed by atoms with E-state index in [1.54, 1.807) is 0 Å². The van der Waals surface area contributed by atoms with Crippen LogP contribution >= 0.6 is 0 Å². The molecular weight excluding hydrogens is 256 g/mol. The summed E-state index contributed by atoms with van der Waals surface area (Å²) < 4.78 is 6.51. The molecule has 74 valence electrons. The molecule has 10 heteroatoms. The fourth-order valence-electron chi connectivity index (χ4n) is 0.242. The third-order valence-corrected chi connectivity index (χ3v) is 0.527. The molecule has 0 aromatic rings. The van der Waals surface area contributed by atoms with Crippen molar-refractivity contribution in [3.8, 4) is 0 Å². The van der Waals surface area contributed by atoms with E-state index in [1.165, 1.54) is 0 Å². The predicted molar refractivity (Wildman–Crippen MR) is 44.2 cm³/mol. The summed E-state index contributed by atoms with van der Waals surface area (Å²) in [5.41, 5.74) is 0. The number of carbonyl (C=O) groups excluding carboxylic acids is 2. The van der Waals surface area contributed by atoms with Crippen molar-refractivity contribution in [3.63, 3.8) is 0 Å². The first-order valence-electron chi connectivity index (χ1n) is 2.33. The Hall–Kier alpha value is 0.399. The van der Waals surface area contributed by atoms with Crippen LogP contribution < -0.4 is 0 Å². The van der Waals surface area contributed by atoms with Crippen LogP contribution in [0.25, 0.3) is 0 Å². The molecule has 8 nitrogen and oxygen atoms in total. The first kappa shape index (κ1) is 19.9. The predicted octanol–water partition coefficient (Wildman–Crippen LogP) is -0.883. The third kappa shape index (κ3) is 10.5. The van der Waals surface area contributed by atoms with Crippen LogP contribution in [-0.4, -0.2) is 110 Å². The minimum Gasteiger partial charge on any atom is -1.00 e. The number of ether oxygens (including phenoxy) is 2. The maximum atomic E-state index is 10.1. The van der Waals surface area contributed by atoms with Crippen molar-refractivity contribution >= 4 is 99.7 Å². The summed E-state index contributed by atoms with van der Waals surface area (Å²) in [5.74, 6) is -3.82. The molecule has 0 heterocycles. The Labute approximate surface area is 142 Å². The maximum absolute atomic E-state index is 10.1. The van der Waals surface area contributed by atoms with E-state index in [0.29, 0.717) is 0 Å². The SMILES string of the molecule is O=C(O)OC(=O)C(=O)OC(=O)O.[Ca+2].[Ca+2].[H-].[H-].[H-].[H-]. The number of rotatable bonds is 0. The number of carbonyl (C=O) groups is 4. The number of esters is 2. The van der Waals surface area contributed by atoms with Gasteiger partial charge in [-0.05, 0) is 0 Å². The summed E-state index contributed by atoms with van der Waals surface area (Å²) in [6.45, 7) is 0. The van der Waals surface area contributed by atoms with Crippen molar-refractivity contribution in [2.24, 2.45) is 0 Å². The molecule has 0 spiro atoms. The number of hydrogen-bond acceptors (Lipinski definition) is 6. The van der Waals surface area contributed by atoms with Crippen LogP contribution in [0.15, 0.2) is 0 Å². The zero-order valence-corrected chi connectivity index (χ0v) is 11.2. The van der Waals surface area contributed by atoms with Gasteiger partial charge in [0.2, 0.25) is 0 Å². The minimum atomic E-state index is -2.03. The van der Waals surface area contributed by atoms with Gasteiger partial charge < -0.3 is 25.4 Å².